The van der Waals surface area contributed by atoms with Crippen LogP contribution in [0.5, 0.6) is 0 Å². The Hall–Kier alpha value is -1.35. The van der Waals surface area contributed by atoms with Gasteiger partial charge in [0.25, 0.3) is 0 Å². The van der Waals surface area contributed by atoms with Crippen LogP contribution in [0.3, 0.4) is 0 Å². The Labute approximate surface area is 161 Å². The van der Waals surface area contributed by atoms with E-state index in [2.05, 4.69) is 20.9 Å². The van der Waals surface area contributed by atoms with Crippen LogP contribution in [0.2, 0.25) is 0 Å². The third kappa shape index (κ3) is 9.71. The Morgan fingerprint density at radius 2 is 2.04 bits per heavy atom. The van der Waals surface area contributed by atoms with Crippen LogP contribution in [-0.2, 0) is 16.1 Å². The van der Waals surface area contributed by atoms with E-state index in [9.17, 15) is 4.79 Å². The summed E-state index contributed by atoms with van der Waals surface area (Å²) in [6.45, 7) is 6.00. The number of halogens is 1. The number of guanidine groups is 1. The number of carbonyl (C=O) groups is 1. The highest BCUT2D eigenvalue weighted by Gasteiger charge is 2.06. The molecule has 1 amide bonds. The lowest BCUT2D eigenvalue weighted by molar-refractivity contribution is -0.116. The van der Waals surface area contributed by atoms with Gasteiger partial charge in [0, 0.05) is 39.4 Å². The Balaban J connectivity index is 0.00000529. The Morgan fingerprint density at radius 1 is 1.29 bits per heavy atom. The zero-order chi connectivity index (χ0) is 17.1. The van der Waals surface area contributed by atoms with E-state index in [0.29, 0.717) is 32.0 Å². The van der Waals surface area contributed by atoms with Crippen LogP contribution < -0.4 is 16.0 Å². The molecule has 0 atom stereocenters. The Morgan fingerprint density at radius 3 is 2.67 bits per heavy atom. The molecule has 0 spiro atoms. The summed E-state index contributed by atoms with van der Waals surface area (Å²) in [5.41, 5.74) is 1.89. The third-order valence-corrected chi connectivity index (χ3v) is 3.09. The zero-order valence-electron chi connectivity index (χ0n) is 14.9. The van der Waals surface area contributed by atoms with E-state index in [4.69, 9.17) is 4.74 Å². The monoisotopic (exact) mass is 448 g/mol. The molecule has 136 valence electrons. The number of ether oxygens (including phenoxy) is 1. The Bertz CT molecular complexity index is 521. The highest BCUT2D eigenvalue weighted by atomic mass is 127. The van der Waals surface area contributed by atoms with E-state index < -0.39 is 0 Å². The molecule has 6 nitrogen and oxygen atoms in total. The summed E-state index contributed by atoms with van der Waals surface area (Å²) in [5, 5.41) is 9.31. The molecule has 0 aliphatic rings. The topological polar surface area (TPSA) is 74.8 Å². The molecular formula is C17H29IN4O2. The summed E-state index contributed by atoms with van der Waals surface area (Å²) < 4.78 is 4.99. The number of hydrogen-bond acceptors (Lipinski definition) is 3. The second-order valence-corrected chi connectivity index (χ2v) is 5.69. The summed E-state index contributed by atoms with van der Waals surface area (Å²) in [5.74, 6) is 1.11. The fraction of sp³-hybridized carbons (Fsp3) is 0.529. The number of carbonyl (C=O) groups excluding carboxylic acids is 1. The van der Waals surface area contributed by atoms with E-state index in [-0.39, 0.29) is 29.9 Å². The standard InChI is InChI=1S/C17H28N4O2.HI/c1-13(2)10-16(22)21-15-7-5-6-14(11-15)12-20-17(18-3)19-8-9-23-4;/h5-7,11,13H,8-10,12H2,1-4H3,(H,21,22)(H2,18,19,20);1H. The molecule has 1 aromatic rings. The fourth-order valence-electron chi connectivity index (χ4n) is 2.02. The first-order valence-corrected chi connectivity index (χ1v) is 7.87. The number of methoxy groups -OCH3 is 1. The van der Waals surface area contributed by atoms with Crippen LogP contribution >= 0.6 is 24.0 Å². The van der Waals surface area contributed by atoms with Crippen molar-refractivity contribution in [3.8, 4) is 0 Å². The van der Waals surface area contributed by atoms with Crippen LogP contribution in [0.1, 0.15) is 25.8 Å². The van der Waals surface area contributed by atoms with E-state index in [1.807, 2.05) is 38.1 Å². The number of hydrogen-bond donors (Lipinski definition) is 3. The molecule has 0 saturated heterocycles. The van der Waals surface area contributed by atoms with Crippen molar-refractivity contribution < 1.29 is 9.53 Å². The minimum Gasteiger partial charge on any atom is -0.383 e. The van der Waals surface area contributed by atoms with Crippen molar-refractivity contribution in [1.82, 2.24) is 10.6 Å². The molecule has 0 aliphatic heterocycles. The molecule has 1 rings (SSSR count). The van der Waals surface area contributed by atoms with Crippen molar-refractivity contribution in [2.45, 2.75) is 26.8 Å². The molecule has 0 unspecified atom stereocenters. The minimum absolute atomic E-state index is 0. The number of benzene rings is 1. The highest BCUT2D eigenvalue weighted by molar-refractivity contribution is 14.0. The van der Waals surface area contributed by atoms with Gasteiger partial charge in [-0.15, -0.1) is 24.0 Å². The van der Waals surface area contributed by atoms with Gasteiger partial charge in [-0.1, -0.05) is 26.0 Å². The van der Waals surface area contributed by atoms with Gasteiger partial charge in [0.05, 0.1) is 6.61 Å². The first kappa shape index (κ1) is 22.6. The SMILES string of the molecule is CN=C(NCCOC)NCc1cccc(NC(=O)CC(C)C)c1.I. The van der Waals surface area contributed by atoms with E-state index in [1.54, 1.807) is 14.2 Å². The second kappa shape index (κ2) is 13.0. The lowest BCUT2D eigenvalue weighted by Gasteiger charge is -2.12. The van der Waals surface area contributed by atoms with Gasteiger partial charge in [-0.2, -0.15) is 0 Å². The average molecular weight is 448 g/mol. The number of aliphatic imine (C=N–C) groups is 1. The van der Waals surface area contributed by atoms with Gasteiger partial charge in [0.15, 0.2) is 5.96 Å². The molecule has 0 saturated carbocycles. The number of amides is 1. The number of nitrogens with zero attached hydrogens (tertiary/aromatic N) is 1. The lowest BCUT2D eigenvalue weighted by Crippen LogP contribution is -2.38. The predicted molar refractivity (Wildman–Crippen MR) is 110 cm³/mol. The summed E-state index contributed by atoms with van der Waals surface area (Å²) >= 11 is 0. The van der Waals surface area contributed by atoms with Crippen molar-refractivity contribution in [2.75, 3.05) is 32.6 Å². The van der Waals surface area contributed by atoms with E-state index in [1.165, 1.54) is 0 Å². The van der Waals surface area contributed by atoms with Gasteiger partial charge in [-0.3, -0.25) is 9.79 Å². The molecule has 0 aromatic heterocycles. The Kier molecular flexibility index (Phi) is 12.3. The predicted octanol–water partition coefficient (Wildman–Crippen LogP) is 2.60. The van der Waals surface area contributed by atoms with Crippen molar-refractivity contribution in [1.29, 1.82) is 0 Å². The molecule has 0 radical (unpaired) electrons. The maximum absolute atomic E-state index is 11.8. The van der Waals surface area contributed by atoms with Crippen molar-refractivity contribution in [3.63, 3.8) is 0 Å². The first-order valence-electron chi connectivity index (χ1n) is 7.87. The second-order valence-electron chi connectivity index (χ2n) is 5.69. The molecule has 7 heteroatoms. The first-order chi connectivity index (χ1) is 11.0. The normalized spacial score (nSPS) is 11.0. The van der Waals surface area contributed by atoms with Crippen LogP contribution in [-0.4, -0.2) is 39.2 Å². The molecule has 3 N–H and O–H groups in total. The summed E-state index contributed by atoms with van der Waals surface area (Å²) in [4.78, 5) is 16.0. The molecule has 1 aromatic carbocycles. The third-order valence-electron chi connectivity index (χ3n) is 3.09. The summed E-state index contributed by atoms with van der Waals surface area (Å²) in [6, 6.07) is 7.80. The van der Waals surface area contributed by atoms with Gasteiger partial charge in [-0.05, 0) is 23.6 Å². The molecular weight excluding hydrogens is 419 g/mol. The van der Waals surface area contributed by atoms with Crippen LogP contribution in [0.25, 0.3) is 0 Å². The van der Waals surface area contributed by atoms with E-state index in [0.717, 1.165) is 17.2 Å². The molecule has 0 bridgehead atoms. The number of anilines is 1. The fourth-order valence-corrected chi connectivity index (χ4v) is 2.02. The summed E-state index contributed by atoms with van der Waals surface area (Å²) in [6.07, 6.45) is 0.526. The molecule has 24 heavy (non-hydrogen) atoms. The minimum atomic E-state index is 0. The van der Waals surface area contributed by atoms with Gasteiger partial charge >= 0.3 is 0 Å². The lowest BCUT2D eigenvalue weighted by atomic mass is 10.1. The quantitative estimate of drug-likeness (QED) is 0.248. The highest BCUT2D eigenvalue weighted by Crippen LogP contribution is 2.12. The van der Waals surface area contributed by atoms with Gasteiger partial charge in [0.1, 0.15) is 0 Å². The maximum atomic E-state index is 11.8. The molecule has 0 aliphatic carbocycles. The largest absolute Gasteiger partial charge is 0.383 e. The number of nitrogens with one attached hydrogen (secondary N) is 3. The van der Waals surface area contributed by atoms with Crippen LogP contribution in [0.4, 0.5) is 5.69 Å². The van der Waals surface area contributed by atoms with Crippen molar-refractivity contribution in [3.05, 3.63) is 29.8 Å². The molecule has 0 fully saturated rings. The van der Waals surface area contributed by atoms with Crippen molar-refractivity contribution in [2.24, 2.45) is 10.9 Å². The zero-order valence-corrected chi connectivity index (χ0v) is 17.2. The molecule has 0 heterocycles. The smallest absolute Gasteiger partial charge is 0.224 e. The van der Waals surface area contributed by atoms with Crippen LogP contribution in [0, 0.1) is 5.92 Å². The van der Waals surface area contributed by atoms with E-state index >= 15 is 0 Å². The van der Waals surface area contributed by atoms with Crippen molar-refractivity contribution >= 4 is 41.5 Å². The van der Waals surface area contributed by atoms with Gasteiger partial charge in [0.2, 0.25) is 5.91 Å². The van der Waals surface area contributed by atoms with Crippen LogP contribution in [0.15, 0.2) is 29.3 Å². The number of rotatable bonds is 8. The average Bonchev–Trinajstić information content (AvgIpc) is 2.50. The van der Waals surface area contributed by atoms with Gasteiger partial charge < -0.3 is 20.7 Å². The summed E-state index contributed by atoms with van der Waals surface area (Å²) in [7, 11) is 3.39. The van der Waals surface area contributed by atoms with Gasteiger partial charge in [-0.25, -0.2) is 0 Å². The maximum Gasteiger partial charge on any atom is 0.224 e.